The summed E-state index contributed by atoms with van der Waals surface area (Å²) in [6.07, 6.45) is 3.38. The van der Waals surface area contributed by atoms with E-state index in [-0.39, 0.29) is 5.28 Å². The third-order valence-corrected chi connectivity index (χ3v) is 3.49. The summed E-state index contributed by atoms with van der Waals surface area (Å²) < 4.78 is 0. The van der Waals surface area contributed by atoms with Crippen molar-refractivity contribution < 1.29 is 0 Å². The second-order valence-corrected chi connectivity index (χ2v) is 5.36. The van der Waals surface area contributed by atoms with Crippen LogP contribution >= 0.6 is 23.2 Å². The van der Waals surface area contributed by atoms with Gasteiger partial charge in [-0.1, -0.05) is 11.6 Å². The van der Waals surface area contributed by atoms with Crippen molar-refractivity contribution in [2.24, 2.45) is 0 Å². The Hall–Kier alpha value is -2.11. The highest BCUT2D eigenvalue weighted by molar-refractivity contribution is 6.31. The van der Waals surface area contributed by atoms with Gasteiger partial charge in [-0.25, -0.2) is 9.97 Å². The third kappa shape index (κ3) is 3.55. The van der Waals surface area contributed by atoms with E-state index in [9.17, 15) is 0 Å². The maximum atomic E-state index is 5.99. The van der Waals surface area contributed by atoms with Crippen LogP contribution < -0.4 is 10.6 Å². The van der Waals surface area contributed by atoms with E-state index < -0.39 is 0 Å². The van der Waals surface area contributed by atoms with Gasteiger partial charge in [-0.15, -0.1) is 0 Å². The van der Waals surface area contributed by atoms with E-state index in [2.05, 4.69) is 25.6 Å². The molecule has 22 heavy (non-hydrogen) atoms. The summed E-state index contributed by atoms with van der Waals surface area (Å²) in [6.45, 7) is 1.42. The fourth-order valence-corrected chi connectivity index (χ4v) is 2.41. The van der Waals surface area contributed by atoms with Crippen LogP contribution in [0.5, 0.6) is 0 Å². The molecule has 0 saturated heterocycles. The highest BCUT2D eigenvalue weighted by atomic mass is 35.5. The maximum absolute atomic E-state index is 5.99. The summed E-state index contributed by atoms with van der Waals surface area (Å²) >= 11 is 11.7. The molecule has 5 nitrogen and oxygen atoms in total. The number of benzene rings is 1. The van der Waals surface area contributed by atoms with Crippen LogP contribution in [0, 0.1) is 0 Å². The molecule has 0 amide bonds. The van der Waals surface area contributed by atoms with Gasteiger partial charge in [0.15, 0.2) is 0 Å². The first kappa shape index (κ1) is 14.8. The van der Waals surface area contributed by atoms with Crippen molar-refractivity contribution in [1.29, 1.82) is 0 Å². The quantitative estimate of drug-likeness (QED) is 0.548. The molecule has 0 atom stereocenters. The summed E-state index contributed by atoms with van der Waals surface area (Å²) in [5.41, 5.74) is 1.89. The predicted octanol–water partition coefficient (Wildman–Crippen LogP) is 3.86. The first-order chi connectivity index (χ1) is 10.7. The molecule has 2 aromatic heterocycles. The van der Waals surface area contributed by atoms with Gasteiger partial charge in [0.1, 0.15) is 5.82 Å². The van der Waals surface area contributed by atoms with E-state index in [1.54, 1.807) is 18.5 Å². The number of pyridine rings is 1. The second kappa shape index (κ2) is 6.77. The van der Waals surface area contributed by atoms with Crippen LogP contribution in [0.2, 0.25) is 10.3 Å². The fourth-order valence-electron chi connectivity index (χ4n) is 2.10. The number of fused-ring (bicyclic) bond motifs is 1. The first-order valence-corrected chi connectivity index (χ1v) is 7.48. The van der Waals surface area contributed by atoms with E-state index in [0.717, 1.165) is 23.1 Å². The van der Waals surface area contributed by atoms with E-state index in [1.165, 1.54) is 0 Å². The molecule has 1 aromatic carbocycles. The zero-order chi connectivity index (χ0) is 15.4. The molecule has 0 aliphatic carbocycles. The largest absolute Gasteiger partial charge is 0.383 e. The minimum absolute atomic E-state index is 0.231. The Bertz CT molecular complexity index is 794. The molecule has 0 aliphatic rings. The lowest BCUT2D eigenvalue weighted by molar-refractivity contribution is 1.05. The van der Waals surface area contributed by atoms with Crippen LogP contribution in [0.15, 0.2) is 42.7 Å². The summed E-state index contributed by atoms with van der Waals surface area (Å²) in [5, 5.41) is 8.50. The van der Waals surface area contributed by atoms with Gasteiger partial charge in [-0.3, -0.25) is 4.98 Å². The van der Waals surface area contributed by atoms with Crippen molar-refractivity contribution in [2.75, 3.05) is 23.7 Å². The number of hydrogen-bond acceptors (Lipinski definition) is 5. The third-order valence-electron chi connectivity index (χ3n) is 3.08. The molecule has 0 unspecified atom stereocenters. The minimum Gasteiger partial charge on any atom is -0.383 e. The van der Waals surface area contributed by atoms with Crippen molar-refractivity contribution in [3.05, 3.63) is 53.0 Å². The van der Waals surface area contributed by atoms with Crippen molar-refractivity contribution in [3.63, 3.8) is 0 Å². The molecule has 2 heterocycles. The molecule has 0 bridgehead atoms. The number of aromatic nitrogens is 3. The summed E-state index contributed by atoms with van der Waals surface area (Å²) in [6, 6.07) is 9.39. The van der Waals surface area contributed by atoms with Gasteiger partial charge in [-0.2, -0.15) is 0 Å². The van der Waals surface area contributed by atoms with Crippen LogP contribution in [0.25, 0.3) is 10.9 Å². The summed E-state index contributed by atoms with van der Waals surface area (Å²) in [4.78, 5) is 12.2. The first-order valence-electron chi connectivity index (χ1n) is 6.73. The Morgan fingerprint density at radius 1 is 0.909 bits per heavy atom. The number of anilines is 2. The Labute approximate surface area is 137 Å². The zero-order valence-corrected chi connectivity index (χ0v) is 13.1. The van der Waals surface area contributed by atoms with Gasteiger partial charge in [0.05, 0.1) is 5.52 Å². The van der Waals surface area contributed by atoms with Crippen LogP contribution in [0.4, 0.5) is 11.5 Å². The van der Waals surface area contributed by atoms with Crippen molar-refractivity contribution >= 4 is 45.6 Å². The molecule has 112 valence electrons. The smallest absolute Gasteiger partial charge is 0.224 e. The highest BCUT2D eigenvalue weighted by Crippen LogP contribution is 2.24. The SMILES string of the molecule is Clc1ccc2c(NCCNc3ccnc(Cl)n3)ccnc2c1. The van der Waals surface area contributed by atoms with E-state index in [1.807, 2.05) is 24.3 Å². The lowest BCUT2D eigenvalue weighted by Gasteiger charge is -2.10. The fraction of sp³-hybridized carbons (Fsp3) is 0.133. The molecule has 2 N–H and O–H groups in total. The van der Waals surface area contributed by atoms with Crippen LogP contribution in [0.1, 0.15) is 0 Å². The number of rotatable bonds is 5. The predicted molar refractivity (Wildman–Crippen MR) is 90.8 cm³/mol. The van der Waals surface area contributed by atoms with Gasteiger partial charge < -0.3 is 10.6 Å². The molecule has 3 aromatic rings. The van der Waals surface area contributed by atoms with Gasteiger partial charge in [0.25, 0.3) is 0 Å². The van der Waals surface area contributed by atoms with Gasteiger partial charge in [-0.05, 0) is 41.9 Å². The molecule has 0 saturated carbocycles. The Morgan fingerprint density at radius 3 is 2.59 bits per heavy atom. The molecule has 0 aliphatic heterocycles. The maximum Gasteiger partial charge on any atom is 0.224 e. The number of nitrogens with one attached hydrogen (secondary N) is 2. The molecule has 7 heteroatoms. The molecule has 0 radical (unpaired) electrons. The summed E-state index contributed by atoms with van der Waals surface area (Å²) in [5.74, 6) is 0.702. The Balaban J connectivity index is 1.62. The molecular weight excluding hydrogens is 321 g/mol. The topological polar surface area (TPSA) is 62.7 Å². The highest BCUT2D eigenvalue weighted by Gasteiger charge is 2.02. The van der Waals surface area contributed by atoms with Gasteiger partial charge in [0, 0.05) is 41.6 Å². The minimum atomic E-state index is 0.231. The Morgan fingerprint density at radius 2 is 1.73 bits per heavy atom. The zero-order valence-electron chi connectivity index (χ0n) is 11.6. The van der Waals surface area contributed by atoms with Gasteiger partial charge in [0.2, 0.25) is 5.28 Å². The van der Waals surface area contributed by atoms with Crippen molar-refractivity contribution in [1.82, 2.24) is 15.0 Å². The van der Waals surface area contributed by atoms with Crippen molar-refractivity contribution in [3.8, 4) is 0 Å². The molecular formula is C15H13Cl2N5. The molecule has 0 fully saturated rings. The van der Waals surface area contributed by atoms with Crippen LogP contribution in [-0.4, -0.2) is 28.0 Å². The monoisotopic (exact) mass is 333 g/mol. The van der Waals surface area contributed by atoms with E-state index >= 15 is 0 Å². The second-order valence-electron chi connectivity index (χ2n) is 4.58. The number of halogens is 2. The lowest BCUT2D eigenvalue weighted by Crippen LogP contribution is -2.14. The van der Waals surface area contributed by atoms with E-state index in [4.69, 9.17) is 23.2 Å². The Kier molecular flexibility index (Phi) is 4.56. The molecule has 3 rings (SSSR count). The number of nitrogens with zero attached hydrogens (tertiary/aromatic N) is 3. The number of hydrogen-bond donors (Lipinski definition) is 2. The van der Waals surface area contributed by atoms with Gasteiger partial charge >= 0.3 is 0 Å². The standard InChI is InChI=1S/C15H13Cl2N5/c16-10-1-2-11-12(3-5-18-13(11)9-10)19-7-8-20-14-4-6-21-15(17)22-14/h1-6,9H,7-8H2,(H,18,19)(H,20,21,22). The lowest BCUT2D eigenvalue weighted by atomic mass is 10.2. The van der Waals surface area contributed by atoms with Crippen molar-refractivity contribution in [2.45, 2.75) is 0 Å². The normalized spacial score (nSPS) is 10.6. The van der Waals surface area contributed by atoms with E-state index in [0.29, 0.717) is 17.4 Å². The average Bonchev–Trinajstić information content (AvgIpc) is 2.51. The average molecular weight is 334 g/mol. The van der Waals surface area contributed by atoms with Crippen LogP contribution in [-0.2, 0) is 0 Å². The molecule has 0 spiro atoms. The van der Waals surface area contributed by atoms with Crippen LogP contribution in [0.3, 0.4) is 0 Å². The summed E-state index contributed by atoms with van der Waals surface area (Å²) in [7, 11) is 0.